The van der Waals surface area contributed by atoms with Crippen molar-refractivity contribution in [2.24, 2.45) is 0 Å². The summed E-state index contributed by atoms with van der Waals surface area (Å²) in [6.07, 6.45) is 3.29. The Morgan fingerprint density at radius 2 is 2.45 bits per heavy atom. The molecule has 106 valence electrons. The summed E-state index contributed by atoms with van der Waals surface area (Å²) in [6.45, 7) is 2.11. The minimum absolute atomic E-state index is 0.0926. The number of pyridine rings is 1. The number of nitrogens with one attached hydrogen (secondary N) is 1. The van der Waals surface area contributed by atoms with Crippen LogP contribution in [0, 0.1) is 0 Å². The number of ether oxygens (including phenoxy) is 2. The number of carbonyl (C=O) groups excluding carboxylic acids is 1. The van der Waals surface area contributed by atoms with Crippen LogP contribution in [0.3, 0.4) is 0 Å². The maximum Gasteiger partial charge on any atom is 0.263 e. The fourth-order valence-corrected chi connectivity index (χ4v) is 3.09. The summed E-state index contributed by atoms with van der Waals surface area (Å²) in [5.74, 6) is -0.183. The molecule has 2 aromatic heterocycles. The van der Waals surface area contributed by atoms with Gasteiger partial charge in [-0.2, -0.15) is 0 Å². The van der Waals surface area contributed by atoms with Gasteiger partial charge in [0.15, 0.2) is 0 Å². The summed E-state index contributed by atoms with van der Waals surface area (Å²) in [6, 6.07) is 1.82. The molecule has 1 amide bonds. The van der Waals surface area contributed by atoms with E-state index in [0.29, 0.717) is 36.9 Å². The van der Waals surface area contributed by atoms with E-state index in [1.165, 1.54) is 11.3 Å². The Kier molecular flexibility index (Phi) is 3.81. The minimum Gasteiger partial charge on any atom is -0.397 e. The van der Waals surface area contributed by atoms with Gasteiger partial charge >= 0.3 is 0 Å². The van der Waals surface area contributed by atoms with Gasteiger partial charge in [-0.25, -0.2) is 0 Å². The third-order valence-electron chi connectivity index (χ3n) is 3.11. The van der Waals surface area contributed by atoms with Crippen molar-refractivity contribution in [3.63, 3.8) is 0 Å². The Morgan fingerprint density at radius 1 is 1.55 bits per heavy atom. The highest BCUT2D eigenvalue weighted by atomic mass is 32.1. The van der Waals surface area contributed by atoms with Gasteiger partial charge in [-0.15, -0.1) is 11.3 Å². The SMILES string of the molecule is Nc1c(C(=O)NCC2COCCO2)sc2cnccc12. The van der Waals surface area contributed by atoms with E-state index in [1.807, 2.05) is 6.07 Å². The normalized spacial score (nSPS) is 19.1. The Balaban J connectivity index is 1.70. The number of nitrogen functional groups attached to an aromatic ring is 1. The van der Waals surface area contributed by atoms with Crippen LogP contribution in [-0.2, 0) is 9.47 Å². The molecule has 0 aliphatic carbocycles. The van der Waals surface area contributed by atoms with Crippen LogP contribution in [-0.4, -0.2) is 43.4 Å². The van der Waals surface area contributed by atoms with Crippen molar-refractivity contribution in [3.05, 3.63) is 23.3 Å². The number of aromatic nitrogens is 1. The first-order valence-corrected chi connectivity index (χ1v) is 7.17. The quantitative estimate of drug-likeness (QED) is 0.882. The lowest BCUT2D eigenvalue weighted by Gasteiger charge is -2.22. The minimum atomic E-state index is -0.183. The van der Waals surface area contributed by atoms with Gasteiger partial charge in [-0.05, 0) is 6.07 Å². The molecule has 3 heterocycles. The number of amides is 1. The topological polar surface area (TPSA) is 86.5 Å². The van der Waals surface area contributed by atoms with Crippen molar-refractivity contribution in [1.29, 1.82) is 0 Å². The number of nitrogens with two attached hydrogens (primary N) is 1. The van der Waals surface area contributed by atoms with Gasteiger partial charge in [0.1, 0.15) is 4.88 Å². The van der Waals surface area contributed by atoms with Crippen LogP contribution in [0.5, 0.6) is 0 Å². The largest absolute Gasteiger partial charge is 0.397 e. The average Bonchev–Trinajstić information content (AvgIpc) is 2.84. The van der Waals surface area contributed by atoms with Crippen molar-refractivity contribution >= 4 is 33.0 Å². The molecule has 1 atom stereocenters. The molecule has 1 unspecified atom stereocenters. The first-order chi connectivity index (χ1) is 9.75. The van der Waals surface area contributed by atoms with Crippen molar-refractivity contribution in [2.45, 2.75) is 6.10 Å². The second kappa shape index (κ2) is 5.74. The predicted octanol–water partition coefficient (Wildman–Crippen LogP) is 1.02. The van der Waals surface area contributed by atoms with E-state index in [4.69, 9.17) is 15.2 Å². The number of hydrogen-bond donors (Lipinski definition) is 2. The number of rotatable bonds is 3. The summed E-state index contributed by atoms with van der Waals surface area (Å²) in [5.41, 5.74) is 6.52. The van der Waals surface area contributed by atoms with Gasteiger partial charge < -0.3 is 20.5 Å². The Morgan fingerprint density at radius 3 is 3.20 bits per heavy atom. The summed E-state index contributed by atoms with van der Waals surface area (Å²) >= 11 is 1.35. The van der Waals surface area contributed by atoms with Crippen LogP contribution in [0.15, 0.2) is 18.5 Å². The van der Waals surface area contributed by atoms with Gasteiger partial charge in [0.25, 0.3) is 5.91 Å². The first-order valence-electron chi connectivity index (χ1n) is 6.35. The highest BCUT2D eigenvalue weighted by Crippen LogP contribution is 2.32. The van der Waals surface area contributed by atoms with Crippen molar-refractivity contribution < 1.29 is 14.3 Å². The molecule has 1 aliphatic rings. The van der Waals surface area contributed by atoms with E-state index in [2.05, 4.69) is 10.3 Å². The molecule has 0 radical (unpaired) electrons. The molecule has 3 rings (SSSR count). The lowest BCUT2D eigenvalue weighted by atomic mass is 10.2. The maximum absolute atomic E-state index is 12.2. The number of thiophene rings is 1. The van der Waals surface area contributed by atoms with Crippen molar-refractivity contribution in [3.8, 4) is 0 Å². The zero-order chi connectivity index (χ0) is 13.9. The molecular formula is C13H15N3O3S. The van der Waals surface area contributed by atoms with E-state index in [-0.39, 0.29) is 12.0 Å². The van der Waals surface area contributed by atoms with Crippen molar-refractivity contribution in [1.82, 2.24) is 10.3 Å². The van der Waals surface area contributed by atoms with Crippen LogP contribution in [0.1, 0.15) is 9.67 Å². The Labute approximate surface area is 119 Å². The van der Waals surface area contributed by atoms with E-state index >= 15 is 0 Å². The average molecular weight is 293 g/mol. The number of anilines is 1. The second-order valence-corrected chi connectivity index (χ2v) is 5.55. The fourth-order valence-electron chi connectivity index (χ4n) is 2.08. The van der Waals surface area contributed by atoms with Crippen LogP contribution in [0.2, 0.25) is 0 Å². The smallest absolute Gasteiger partial charge is 0.263 e. The monoisotopic (exact) mass is 293 g/mol. The lowest BCUT2D eigenvalue weighted by Crippen LogP contribution is -2.39. The molecule has 1 aliphatic heterocycles. The summed E-state index contributed by atoms with van der Waals surface area (Å²) in [7, 11) is 0. The second-order valence-electron chi connectivity index (χ2n) is 4.49. The predicted molar refractivity (Wildman–Crippen MR) is 76.9 cm³/mol. The molecule has 0 aromatic carbocycles. The van der Waals surface area contributed by atoms with E-state index in [1.54, 1.807) is 12.4 Å². The van der Waals surface area contributed by atoms with Crippen LogP contribution < -0.4 is 11.1 Å². The zero-order valence-corrected chi connectivity index (χ0v) is 11.6. The van der Waals surface area contributed by atoms with E-state index < -0.39 is 0 Å². The maximum atomic E-state index is 12.2. The van der Waals surface area contributed by atoms with Crippen LogP contribution >= 0.6 is 11.3 Å². The highest BCUT2D eigenvalue weighted by Gasteiger charge is 2.19. The molecule has 0 spiro atoms. The van der Waals surface area contributed by atoms with Gasteiger partial charge in [-0.1, -0.05) is 0 Å². The van der Waals surface area contributed by atoms with Gasteiger partial charge in [0, 0.05) is 24.3 Å². The zero-order valence-electron chi connectivity index (χ0n) is 10.8. The molecule has 2 aromatic rings. The van der Waals surface area contributed by atoms with Gasteiger partial charge in [0.05, 0.1) is 36.3 Å². The molecule has 0 saturated carbocycles. The lowest BCUT2D eigenvalue weighted by molar-refractivity contribution is -0.0855. The Hall–Kier alpha value is -1.70. The molecule has 6 nitrogen and oxygen atoms in total. The van der Waals surface area contributed by atoms with Crippen LogP contribution in [0.4, 0.5) is 5.69 Å². The third-order valence-corrected chi connectivity index (χ3v) is 4.27. The summed E-state index contributed by atoms with van der Waals surface area (Å²) in [5, 5.41) is 3.70. The summed E-state index contributed by atoms with van der Waals surface area (Å²) < 4.78 is 11.7. The first kappa shape index (κ1) is 13.3. The third kappa shape index (κ3) is 2.60. The van der Waals surface area contributed by atoms with E-state index in [9.17, 15) is 4.79 Å². The highest BCUT2D eigenvalue weighted by molar-refractivity contribution is 7.21. The van der Waals surface area contributed by atoms with Gasteiger partial charge in [-0.3, -0.25) is 9.78 Å². The van der Waals surface area contributed by atoms with Crippen molar-refractivity contribution in [2.75, 3.05) is 32.1 Å². The summed E-state index contributed by atoms with van der Waals surface area (Å²) in [4.78, 5) is 16.7. The van der Waals surface area contributed by atoms with Crippen LogP contribution in [0.25, 0.3) is 10.1 Å². The number of fused-ring (bicyclic) bond motifs is 1. The Bertz CT molecular complexity index is 622. The number of nitrogens with zero attached hydrogens (tertiary/aromatic N) is 1. The number of carbonyl (C=O) groups is 1. The molecule has 7 heteroatoms. The van der Waals surface area contributed by atoms with E-state index in [0.717, 1.165) is 10.1 Å². The fraction of sp³-hybridized carbons (Fsp3) is 0.385. The molecule has 1 saturated heterocycles. The molecule has 1 fully saturated rings. The molecule has 0 bridgehead atoms. The molecule has 20 heavy (non-hydrogen) atoms. The molecule has 3 N–H and O–H groups in total. The standard InChI is InChI=1S/C13H15N3O3S/c14-11-9-1-2-15-6-10(9)20-12(11)13(17)16-5-8-7-18-3-4-19-8/h1-2,6,8H,3-5,7,14H2,(H,16,17). The molecular weight excluding hydrogens is 278 g/mol. The van der Waals surface area contributed by atoms with Gasteiger partial charge in [0.2, 0.25) is 0 Å². The number of hydrogen-bond acceptors (Lipinski definition) is 6.